The molecule has 0 radical (unpaired) electrons. The number of hydrogen-bond acceptors (Lipinski definition) is 0. The molecule has 14 heavy (non-hydrogen) atoms. The lowest BCUT2D eigenvalue weighted by atomic mass is 10.1. The third kappa shape index (κ3) is 2.19. The van der Waals surface area contributed by atoms with Gasteiger partial charge in [-0.25, -0.2) is 0 Å². The summed E-state index contributed by atoms with van der Waals surface area (Å²) in [5.41, 5.74) is 1.68. The Hall–Kier alpha value is 0.914. The standard InChI is InChI=1S/C11H25BrSi2/c1-4-7-11(8-5-2)13-10-14(11,12)9-6-3/h4-10,13H2,1-3H3. The van der Waals surface area contributed by atoms with Crippen molar-refractivity contribution in [2.75, 3.05) is 0 Å². The van der Waals surface area contributed by atoms with Crippen LogP contribution in [0.1, 0.15) is 52.9 Å². The molecular weight excluding hydrogens is 268 g/mol. The van der Waals surface area contributed by atoms with Crippen LogP contribution >= 0.6 is 15.3 Å². The van der Waals surface area contributed by atoms with E-state index in [1.807, 2.05) is 0 Å². The van der Waals surface area contributed by atoms with Gasteiger partial charge in [-0.05, 0) is 10.7 Å². The second kappa shape index (κ2) is 5.31. The molecule has 0 N–H and O–H groups in total. The van der Waals surface area contributed by atoms with Gasteiger partial charge < -0.3 is 0 Å². The van der Waals surface area contributed by atoms with E-state index in [9.17, 15) is 0 Å². The Bertz CT molecular complexity index is 178. The maximum absolute atomic E-state index is 4.23. The third-order valence-electron chi connectivity index (χ3n) is 4.05. The van der Waals surface area contributed by atoms with Crippen LogP contribution in [-0.2, 0) is 0 Å². The van der Waals surface area contributed by atoms with Crippen molar-refractivity contribution in [3.8, 4) is 0 Å². The summed E-state index contributed by atoms with van der Waals surface area (Å²) >= 11 is 4.23. The van der Waals surface area contributed by atoms with E-state index in [0.29, 0.717) is 0 Å². The van der Waals surface area contributed by atoms with E-state index in [1.165, 1.54) is 19.3 Å². The summed E-state index contributed by atoms with van der Waals surface area (Å²) in [6.07, 6.45) is 7.32. The van der Waals surface area contributed by atoms with Crippen molar-refractivity contribution in [3.63, 3.8) is 0 Å². The Morgan fingerprint density at radius 3 is 2.00 bits per heavy atom. The predicted octanol–water partition coefficient (Wildman–Crippen LogP) is 4.17. The molecule has 1 rings (SSSR count). The molecule has 1 heterocycles. The maximum atomic E-state index is 4.23. The highest BCUT2D eigenvalue weighted by atomic mass is 79.9. The molecule has 1 unspecified atom stereocenters. The van der Waals surface area contributed by atoms with Crippen molar-refractivity contribution in [2.45, 2.75) is 69.2 Å². The molecule has 1 atom stereocenters. The van der Waals surface area contributed by atoms with Crippen LogP contribution in [0, 0.1) is 0 Å². The number of halogens is 1. The molecule has 1 fully saturated rings. The summed E-state index contributed by atoms with van der Waals surface area (Å²) in [6.45, 7) is 6.16. The minimum atomic E-state index is -0.944. The molecule has 0 spiro atoms. The Morgan fingerprint density at radius 2 is 1.71 bits per heavy atom. The van der Waals surface area contributed by atoms with Gasteiger partial charge in [-0.15, -0.1) is 15.3 Å². The molecule has 84 valence electrons. The second-order valence-corrected chi connectivity index (χ2v) is 17.6. The van der Waals surface area contributed by atoms with Crippen molar-refractivity contribution >= 4 is 31.5 Å². The van der Waals surface area contributed by atoms with Crippen LogP contribution in [0.2, 0.25) is 16.4 Å². The van der Waals surface area contributed by atoms with Gasteiger partial charge in [0.2, 0.25) is 0 Å². The fraction of sp³-hybridized carbons (Fsp3) is 1.00. The molecule has 3 heteroatoms. The average Bonchev–Trinajstić information content (AvgIpc) is 2.16. The Morgan fingerprint density at radius 1 is 1.14 bits per heavy atom. The van der Waals surface area contributed by atoms with E-state index in [2.05, 4.69) is 36.1 Å². The van der Waals surface area contributed by atoms with Crippen LogP contribution < -0.4 is 0 Å². The van der Waals surface area contributed by atoms with Crippen LogP contribution in [0.3, 0.4) is 0 Å². The summed E-state index contributed by atoms with van der Waals surface area (Å²) in [4.78, 5) is 0. The van der Waals surface area contributed by atoms with E-state index >= 15 is 0 Å². The highest BCUT2D eigenvalue weighted by Gasteiger charge is 2.57. The van der Waals surface area contributed by atoms with Crippen LogP contribution in [-0.4, -0.2) is 16.2 Å². The van der Waals surface area contributed by atoms with Crippen LogP contribution in [0.4, 0.5) is 0 Å². The number of hydrogen-bond donors (Lipinski definition) is 0. The van der Waals surface area contributed by atoms with Gasteiger partial charge in [0.05, 0.1) is 0 Å². The molecule has 1 aliphatic heterocycles. The zero-order chi connectivity index (χ0) is 10.7. The molecule has 0 aromatic heterocycles. The van der Waals surface area contributed by atoms with Gasteiger partial charge in [-0.2, -0.15) is 0 Å². The molecular formula is C11H25BrSi2. The minimum absolute atomic E-state index is 0.280. The van der Waals surface area contributed by atoms with Gasteiger partial charge in [0.1, 0.15) is 6.69 Å². The zero-order valence-corrected chi connectivity index (χ0v) is 14.0. The summed E-state index contributed by atoms with van der Waals surface area (Å²) in [7, 11) is 0.280. The zero-order valence-electron chi connectivity index (χ0n) is 10.0. The van der Waals surface area contributed by atoms with Gasteiger partial charge in [0, 0.05) is 9.52 Å². The first-order valence-corrected chi connectivity index (χ1v) is 12.7. The average molecular weight is 293 g/mol. The third-order valence-corrected chi connectivity index (χ3v) is 25.2. The Kier molecular flexibility index (Phi) is 4.92. The summed E-state index contributed by atoms with van der Waals surface area (Å²) in [5, 5.41) is 0. The molecule has 0 saturated carbocycles. The van der Waals surface area contributed by atoms with E-state index < -0.39 is 6.69 Å². The summed E-state index contributed by atoms with van der Waals surface area (Å²) in [6, 6.07) is 1.54. The molecule has 0 aromatic rings. The summed E-state index contributed by atoms with van der Waals surface area (Å²) < 4.78 is 0.923. The summed E-state index contributed by atoms with van der Waals surface area (Å²) in [5.74, 6) is 0. The van der Waals surface area contributed by atoms with Gasteiger partial charge in [0.15, 0.2) is 0 Å². The fourth-order valence-corrected chi connectivity index (χ4v) is 20.7. The van der Waals surface area contributed by atoms with Gasteiger partial charge >= 0.3 is 0 Å². The quantitative estimate of drug-likeness (QED) is 0.509. The smallest absolute Gasteiger partial charge is 0.126 e. The highest BCUT2D eigenvalue weighted by Crippen LogP contribution is 2.60. The highest BCUT2D eigenvalue weighted by molar-refractivity contribution is 9.26. The molecule has 0 aliphatic carbocycles. The van der Waals surface area contributed by atoms with Crippen molar-refractivity contribution in [1.29, 1.82) is 0 Å². The van der Waals surface area contributed by atoms with E-state index in [1.54, 1.807) is 24.6 Å². The van der Waals surface area contributed by atoms with Crippen LogP contribution in [0.25, 0.3) is 0 Å². The first-order chi connectivity index (χ1) is 6.64. The van der Waals surface area contributed by atoms with Gasteiger partial charge in [-0.1, -0.05) is 58.5 Å². The lowest BCUT2D eigenvalue weighted by molar-refractivity contribution is 0.561. The Labute approximate surface area is 101 Å². The first-order valence-electron chi connectivity index (χ1n) is 6.33. The van der Waals surface area contributed by atoms with Crippen LogP contribution in [0.15, 0.2) is 0 Å². The fourth-order valence-electron chi connectivity index (χ4n) is 3.32. The van der Waals surface area contributed by atoms with E-state index in [4.69, 9.17) is 0 Å². The molecule has 0 bridgehead atoms. The molecule has 1 saturated heterocycles. The maximum Gasteiger partial charge on any atom is 0.130 e. The van der Waals surface area contributed by atoms with Gasteiger partial charge in [0.25, 0.3) is 0 Å². The SMILES string of the molecule is CCCC1(CCC)[SiH2]C[Si]1(Br)CCC. The number of rotatable bonds is 6. The van der Waals surface area contributed by atoms with Crippen molar-refractivity contribution in [1.82, 2.24) is 0 Å². The molecule has 1 aliphatic rings. The lowest BCUT2D eigenvalue weighted by Crippen LogP contribution is -2.57. The Balaban J connectivity index is 2.67. The largest absolute Gasteiger partial charge is 0.130 e. The normalized spacial score (nSPS) is 31.7. The molecule has 0 amide bonds. The van der Waals surface area contributed by atoms with Crippen molar-refractivity contribution in [2.24, 2.45) is 0 Å². The van der Waals surface area contributed by atoms with E-state index in [0.717, 1.165) is 4.66 Å². The van der Waals surface area contributed by atoms with Crippen molar-refractivity contribution in [3.05, 3.63) is 0 Å². The minimum Gasteiger partial charge on any atom is -0.126 e. The monoisotopic (exact) mass is 292 g/mol. The predicted molar refractivity (Wildman–Crippen MR) is 75.6 cm³/mol. The topological polar surface area (TPSA) is 0 Å². The van der Waals surface area contributed by atoms with Gasteiger partial charge in [-0.3, -0.25) is 0 Å². The van der Waals surface area contributed by atoms with Crippen molar-refractivity contribution < 1.29 is 0 Å². The molecule has 0 aromatic carbocycles. The van der Waals surface area contributed by atoms with Crippen LogP contribution in [0.5, 0.6) is 0 Å². The lowest BCUT2D eigenvalue weighted by Gasteiger charge is -2.55. The second-order valence-electron chi connectivity index (χ2n) is 5.00. The molecule has 0 nitrogen and oxygen atoms in total. The first kappa shape index (κ1) is 13.0. The van der Waals surface area contributed by atoms with E-state index in [-0.39, 0.29) is 9.52 Å².